The van der Waals surface area contributed by atoms with Gasteiger partial charge in [-0.05, 0) is 44.9 Å². The summed E-state index contributed by atoms with van der Waals surface area (Å²) < 4.78 is 5.27. The number of nitrogens with two attached hydrogens (primary N) is 3. The standard InChI is InChI=1S/C20H34N6O3/c1-12(2)25-15(7-6-10-24-19(21)22)18(28)26-13-8-9-16(29-5)14(11-13)17(27)20(3,4)23/h8-9,11-12,15,25H,6-7,10,23H2,1-5H3,(H,26,28)(H4,21,22,24). The maximum atomic E-state index is 12.8. The second-order valence-electron chi connectivity index (χ2n) is 7.78. The Labute approximate surface area is 172 Å². The SMILES string of the molecule is COc1ccc(NC(=O)C(CCCN=C(N)N)NC(C)C)cc1C(=O)C(C)(C)N. The molecule has 1 atom stereocenters. The summed E-state index contributed by atoms with van der Waals surface area (Å²) >= 11 is 0. The number of anilines is 1. The summed E-state index contributed by atoms with van der Waals surface area (Å²) in [4.78, 5) is 29.4. The van der Waals surface area contributed by atoms with E-state index in [4.69, 9.17) is 21.9 Å². The monoisotopic (exact) mass is 406 g/mol. The van der Waals surface area contributed by atoms with Gasteiger partial charge in [-0.1, -0.05) is 13.8 Å². The number of methoxy groups -OCH3 is 1. The van der Waals surface area contributed by atoms with Gasteiger partial charge in [0, 0.05) is 18.3 Å². The number of ether oxygens (including phenoxy) is 1. The predicted molar refractivity (Wildman–Crippen MR) is 116 cm³/mol. The van der Waals surface area contributed by atoms with Crippen molar-refractivity contribution in [1.29, 1.82) is 0 Å². The van der Waals surface area contributed by atoms with Gasteiger partial charge in [0.15, 0.2) is 11.7 Å². The molecule has 9 heteroatoms. The van der Waals surface area contributed by atoms with Gasteiger partial charge in [0.25, 0.3) is 0 Å². The van der Waals surface area contributed by atoms with E-state index in [-0.39, 0.29) is 23.7 Å². The van der Waals surface area contributed by atoms with Crippen LogP contribution in [0.5, 0.6) is 5.75 Å². The lowest BCUT2D eigenvalue weighted by molar-refractivity contribution is -0.118. The quantitative estimate of drug-likeness (QED) is 0.158. The molecule has 8 N–H and O–H groups in total. The molecule has 0 spiro atoms. The molecular weight excluding hydrogens is 372 g/mol. The number of Topliss-reactive ketones (excluding diaryl/α,β-unsaturated/α-hetero) is 1. The number of ketones is 1. The van der Waals surface area contributed by atoms with Gasteiger partial charge in [0.1, 0.15) is 5.75 Å². The van der Waals surface area contributed by atoms with Gasteiger partial charge < -0.3 is 32.6 Å². The Hall–Kier alpha value is -2.65. The summed E-state index contributed by atoms with van der Waals surface area (Å²) in [5.74, 6) is -0.0554. The number of rotatable bonds is 11. The maximum Gasteiger partial charge on any atom is 0.241 e. The number of carbonyl (C=O) groups excluding carboxylic acids is 2. The lowest BCUT2D eigenvalue weighted by Crippen LogP contribution is -2.44. The van der Waals surface area contributed by atoms with Crippen molar-refractivity contribution in [3.05, 3.63) is 23.8 Å². The van der Waals surface area contributed by atoms with E-state index < -0.39 is 11.6 Å². The fourth-order valence-corrected chi connectivity index (χ4v) is 2.74. The van der Waals surface area contributed by atoms with Crippen LogP contribution in [0.2, 0.25) is 0 Å². The highest BCUT2D eigenvalue weighted by molar-refractivity contribution is 6.06. The van der Waals surface area contributed by atoms with Crippen LogP contribution in [0.3, 0.4) is 0 Å². The molecule has 0 heterocycles. The first-order valence-electron chi connectivity index (χ1n) is 9.59. The zero-order valence-electron chi connectivity index (χ0n) is 17.9. The molecular formula is C20H34N6O3. The summed E-state index contributed by atoms with van der Waals surface area (Å²) in [6.45, 7) is 7.62. The minimum absolute atomic E-state index is 0.0288. The first kappa shape index (κ1) is 24.4. The molecule has 0 fully saturated rings. The molecule has 0 bridgehead atoms. The van der Waals surface area contributed by atoms with Crippen LogP contribution in [0.15, 0.2) is 23.2 Å². The maximum absolute atomic E-state index is 12.8. The molecule has 1 rings (SSSR count). The Morgan fingerprint density at radius 3 is 2.41 bits per heavy atom. The van der Waals surface area contributed by atoms with Crippen molar-refractivity contribution in [3.63, 3.8) is 0 Å². The molecule has 0 saturated carbocycles. The summed E-state index contributed by atoms with van der Waals surface area (Å²) in [5, 5.41) is 6.10. The fraction of sp³-hybridized carbons (Fsp3) is 0.550. The third-order valence-electron chi connectivity index (χ3n) is 4.09. The van der Waals surface area contributed by atoms with Crippen molar-refractivity contribution in [3.8, 4) is 5.75 Å². The zero-order chi connectivity index (χ0) is 22.2. The number of nitrogens with zero attached hydrogens (tertiary/aromatic N) is 1. The van der Waals surface area contributed by atoms with Crippen molar-refractivity contribution in [2.45, 2.75) is 58.2 Å². The van der Waals surface area contributed by atoms with Crippen LogP contribution in [-0.2, 0) is 4.79 Å². The second-order valence-corrected chi connectivity index (χ2v) is 7.78. The van der Waals surface area contributed by atoms with Crippen molar-refractivity contribution < 1.29 is 14.3 Å². The molecule has 1 aromatic rings. The van der Waals surface area contributed by atoms with Gasteiger partial charge in [0.2, 0.25) is 5.91 Å². The molecule has 0 aliphatic rings. The molecule has 1 amide bonds. The zero-order valence-corrected chi connectivity index (χ0v) is 17.9. The molecule has 29 heavy (non-hydrogen) atoms. The first-order valence-corrected chi connectivity index (χ1v) is 9.59. The summed E-state index contributed by atoms with van der Waals surface area (Å²) in [5.41, 5.74) is 16.4. The number of hydrogen-bond donors (Lipinski definition) is 5. The van der Waals surface area contributed by atoms with E-state index >= 15 is 0 Å². The molecule has 0 aliphatic heterocycles. The summed E-state index contributed by atoms with van der Waals surface area (Å²) in [6, 6.07) is 4.58. The number of guanidine groups is 1. The van der Waals surface area contributed by atoms with Gasteiger partial charge >= 0.3 is 0 Å². The highest BCUT2D eigenvalue weighted by Gasteiger charge is 2.27. The highest BCUT2D eigenvalue weighted by atomic mass is 16.5. The van der Waals surface area contributed by atoms with Gasteiger partial charge in [-0.3, -0.25) is 14.6 Å². The number of carbonyl (C=O) groups is 2. The van der Waals surface area contributed by atoms with Crippen molar-refractivity contribution >= 4 is 23.3 Å². The van der Waals surface area contributed by atoms with E-state index in [0.29, 0.717) is 36.4 Å². The second kappa shape index (κ2) is 10.8. The van der Waals surface area contributed by atoms with Gasteiger partial charge in [-0.25, -0.2) is 0 Å². The van der Waals surface area contributed by atoms with E-state index in [0.717, 1.165) is 0 Å². The highest BCUT2D eigenvalue weighted by Crippen LogP contribution is 2.26. The minimum Gasteiger partial charge on any atom is -0.496 e. The van der Waals surface area contributed by atoms with E-state index in [1.165, 1.54) is 7.11 Å². The lowest BCUT2D eigenvalue weighted by atomic mass is 9.93. The normalized spacial score (nSPS) is 12.4. The molecule has 0 saturated heterocycles. The third-order valence-corrected chi connectivity index (χ3v) is 4.09. The van der Waals surface area contributed by atoms with Gasteiger partial charge in [-0.15, -0.1) is 0 Å². The Kier molecular flexibility index (Phi) is 9.06. The van der Waals surface area contributed by atoms with Crippen LogP contribution in [-0.4, -0.2) is 48.9 Å². The largest absolute Gasteiger partial charge is 0.496 e. The van der Waals surface area contributed by atoms with Crippen LogP contribution in [0.4, 0.5) is 5.69 Å². The molecule has 1 aromatic carbocycles. The molecule has 0 radical (unpaired) electrons. The fourth-order valence-electron chi connectivity index (χ4n) is 2.74. The molecule has 0 aliphatic carbocycles. The summed E-state index contributed by atoms with van der Waals surface area (Å²) in [6.07, 6.45) is 1.20. The Bertz CT molecular complexity index is 736. The van der Waals surface area contributed by atoms with E-state index in [2.05, 4.69) is 15.6 Å². The Balaban J connectivity index is 2.98. The smallest absolute Gasteiger partial charge is 0.241 e. The number of hydrogen-bond acceptors (Lipinski definition) is 6. The molecule has 162 valence electrons. The van der Waals surface area contributed by atoms with Gasteiger partial charge in [-0.2, -0.15) is 0 Å². The predicted octanol–water partition coefficient (Wildman–Crippen LogP) is 0.974. The molecule has 0 aromatic heterocycles. The average Bonchev–Trinajstić information content (AvgIpc) is 2.62. The van der Waals surface area contributed by atoms with E-state index in [1.54, 1.807) is 32.0 Å². The van der Waals surface area contributed by atoms with Crippen LogP contribution in [0.1, 0.15) is 50.9 Å². The van der Waals surface area contributed by atoms with Crippen LogP contribution >= 0.6 is 0 Å². The first-order chi connectivity index (χ1) is 13.5. The Morgan fingerprint density at radius 2 is 1.90 bits per heavy atom. The number of amides is 1. The van der Waals surface area contributed by atoms with Crippen LogP contribution in [0.25, 0.3) is 0 Å². The summed E-state index contributed by atoms with van der Waals surface area (Å²) in [7, 11) is 1.48. The van der Waals surface area contributed by atoms with Crippen LogP contribution in [0, 0.1) is 0 Å². The van der Waals surface area contributed by atoms with E-state index in [1.807, 2.05) is 13.8 Å². The lowest BCUT2D eigenvalue weighted by Gasteiger charge is -2.22. The topological polar surface area (TPSA) is 158 Å². The van der Waals surface area contributed by atoms with Crippen molar-refractivity contribution in [2.24, 2.45) is 22.2 Å². The number of benzene rings is 1. The molecule has 1 unspecified atom stereocenters. The van der Waals surface area contributed by atoms with Crippen molar-refractivity contribution in [2.75, 3.05) is 19.0 Å². The average molecular weight is 407 g/mol. The van der Waals surface area contributed by atoms with Gasteiger partial charge in [0.05, 0.1) is 24.3 Å². The van der Waals surface area contributed by atoms with E-state index in [9.17, 15) is 9.59 Å². The number of nitrogens with one attached hydrogen (secondary N) is 2. The minimum atomic E-state index is -1.07. The van der Waals surface area contributed by atoms with Crippen molar-refractivity contribution in [1.82, 2.24) is 5.32 Å². The third kappa shape index (κ3) is 8.08. The number of aliphatic imine (C=N–C) groups is 1. The Morgan fingerprint density at radius 1 is 1.24 bits per heavy atom. The molecule has 9 nitrogen and oxygen atoms in total. The van der Waals surface area contributed by atoms with Crippen LogP contribution < -0.4 is 32.6 Å².